The van der Waals surface area contributed by atoms with Crippen molar-refractivity contribution in [2.45, 2.75) is 6.54 Å². The summed E-state index contributed by atoms with van der Waals surface area (Å²) in [6, 6.07) is 3.54. The van der Waals surface area contributed by atoms with Crippen LogP contribution in [-0.4, -0.2) is 7.05 Å². The minimum absolute atomic E-state index is 0.551. The Balaban J connectivity index is 2.66. The van der Waals surface area contributed by atoms with E-state index in [1.54, 1.807) is 12.3 Å². The molecule has 0 aliphatic rings. The van der Waals surface area contributed by atoms with Gasteiger partial charge in [0.1, 0.15) is 0 Å². The van der Waals surface area contributed by atoms with Gasteiger partial charge in [0, 0.05) is 22.5 Å². The van der Waals surface area contributed by atoms with Crippen molar-refractivity contribution in [2.75, 3.05) is 7.05 Å². The summed E-state index contributed by atoms with van der Waals surface area (Å²) in [7, 11) is 1.88. The zero-order chi connectivity index (χ0) is 10.1. The number of fused-ring (bicyclic) bond motifs is 1. The summed E-state index contributed by atoms with van der Waals surface area (Å²) in [5.41, 5.74) is 1.76. The maximum absolute atomic E-state index is 5.98. The van der Waals surface area contributed by atoms with Crippen LogP contribution in [0.2, 0.25) is 10.0 Å². The van der Waals surface area contributed by atoms with Gasteiger partial charge in [0.2, 0.25) is 0 Å². The highest BCUT2D eigenvalue weighted by molar-refractivity contribution is 6.38. The molecule has 0 saturated carbocycles. The largest absolute Gasteiger partial charge is 0.462 e. The molecular weight excluding hydrogens is 221 g/mol. The number of hydrogen-bond acceptors (Lipinski definition) is 2. The van der Waals surface area contributed by atoms with Crippen molar-refractivity contribution in [3.63, 3.8) is 0 Å². The van der Waals surface area contributed by atoms with Gasteiger partial charge >= 0.3 is 0 Å². The highest BCUT2D eigenvalue weighted by atomic mass is 35.5. The average molecular weight is 230 g/mol. The fourth-order valence-electron chi connectivity index (χ4n) is 1.44. The second-order valence-electron chi connectivity index (χ2n) is 3.06. The Morgan fingerprint density at radius 2 is 2.14 bits per heavy atom. The van der Waals surface area contributed by atoms with Gasteiger partial charge in [0.15, 0.2) is 5.58 Å². The van der Waals surface area contributed by atoms with E-state index in [-0.39, 0.29) is 0 Å². The third-order valence-electron chi connectivity index (χ3n) is 2.04. The first kappa shape index (κ1) is 9.84. The molecule has 1 aromatic carbocycles. The first-order valence-corrected chi connectivity index (χ1v) is 4.97. The van der Waals surface area contributed by atoms with Crippen molar-refractivity contribution in [1.82, 2.24) is 5.32 Å². The van der Waals surface area contributed by atoms with Crippen molar-refractivity contribution in [3.8, 4) is 0 Å². The smallest absolute Gasteiger partial charge is 0.152 e. The van der Waals surface area contributed by atoms with Crippen LogP contribution in [0.1, 0.15) is 5.56 Å². The Labute approximate surface area is 91.8 Å². The quantitative estimate of drug-likeness (QED) is 0.854. The van der Waals surface area contributed by atoms with E-state index in [0.717, 1.165) is 17.5 Å². The van der Waals surface area contributed by atoms with Gasteiger partial charge in [-0.1, -0.05) is 23.2 Å². The number of hydrogen-bond donors (Lipinski definition) is 1. The van der Waals surface area contributed by atoms with Gasteiger partial charge < -0.3 is 9.73 Å². The lowest BCUT2D eigenvalue weighted by atomic mass is 10.2. The van der Waals surface area contributed by atoms with Crippen LogP contribution in [0.5, 0.6) is 0 Å². The molecule has 1 N–H and O–H groups in total. The van der Waals surface area contributed by atoms with Crippen LogP contribution in [-0.2, 0) is 6.54 Å². The van der Waals surface area contributed by atoms with Gasteiger partial charge in [0.25, 0.3) is 0 Å². The monoisotopic (exact) mass is 229 g/mol. The molecule has 0 aliphatic heterocycles. The standard InChI is InChI=1S/C10H9Cl2NO/c1-13-4-6-5-14-10-8(6)2-7(11)3-9(10)12/h2-3,5,13H,4H2,1H3. The maximum atomic E-state index is 5.98. The van der Waals surface area contributed by atoms with Crippen LogP contribution in [0.4, 0.5) is 0 Å². The maximum Gasteiger partial charge on any atom is 0.152 e. The Kier molecular flexibility index (Phi) is 2.68. The first-order valence-electron chi connectivity index (χ1n) is 4.22. The summed E-state index contributed by atoms with van der Waals surface area (Å²) in [5.74, 6) is 0. The van der Waals surface area contributed by atoms with E-state index in [9.17, 15) is 0 Å². The Morgan fingerprint density at radius 3 is 2.86 bits per heavy atom. The molecule has 0 amide bonds. The molecule has 1 heterocycles. The number of nitrogens with one attached hydrogen (secondary N) is 1. The van der Waals surface area contributed by atoms with Crippen LogP contribution in [0.3, 0.4) is 0 Å². The van der Waals surface area contributed by atoms with Gasteiger partial charge in [-0.2, -0.15) is 0 Å². The van der Waals surface area contributed by atoms with E-state index in [0.29, 0.717) is 15.6 Å². The number of furan rings is 1. The van der Waals surface area contributed by atoms with Crippen molar-refractivity contribution in [3.05, 3.63) is 34.0 Å². The molecule has 14 heavy (non-hydrogen) atoms. The minimum Gasteiger partial charge on any atom is -0.462 e. The van der Waals surface area contributed by atoms with E-state index in [1.807, 2.05) is 13.1 Å². The zero-order valence-corrected chi connectivity index (χ0v) is 9.12. The molecule has 0 radical (unpaired) electrons. The second kappa shape index (κ2) is 3.81. The summed E-state index contributed by atoms with van der Waals surface area (Å²) in [6.07, 6.45) is 1.70. The molecule has 0 aliphatic carbocycles. The zero-order valence-electron chi connectivity index (χ0n) is 7.60. The van der Waals surface area contributed by atoms with Gasteiger partial charge in [-0.3, -0.25) is 0 Å². The molecule has 4 heteroatoms. The van der Waals surface area contributed by atoms with Crippen LogP contribution in [0.15, 0.2) is 22.8 Å². The summed E-state index contributed by atoms with van der Waals surface area (Å²) in [6.45, 7) is 0.740. The lowest BCUT2D eigenvalue weighted by molar-refractivity contribution is 0.607. The van der Waals surface area contributed by atoms with E-state index in [2.05, 4.69) is 5.32 Å². The Bertz CT molecular complexity index is 464. The van der Waals surface area contributed by atoms with Crippen molar-refractivity contribution in [1.29, 1.82) is 0 Å². The molecule has 2 rings (SSSR count). The number of halogens is 2. The molecule has 2 nitrogen and oxygen atoms in total. The highest BCUT2D eigenvalue weighted by Crippen LogP contribution is 2.31. The van der Waals surface area contributed by atoms with Gasteiger partial charge in [-0.05, 0) is 19.2 Å². The highest BCUT2D eigenvalue weighted by Gasteiger charge is 2.09. The molecular formula is C10H9Cl2NO. The molecule has 0 unspecified atom stereocenters. The summed E-state index contributed by atoms with van der Waals surface area (Å²) < 4.78 is 5.36. The number of benzene rings is 1. The Morgan fingerprint density at radius 1 is 1.36 bits per heavy atom. The van der Waals surface area contributed by atoms with Crippen molar-refractivity contribution >= 4 is 34.2 Å². The first-order chi connectivity index (χ1) is 6.72. The lowest BCUT2D eigenvalue weighted by Gasteiger charge is -1.97. The molecule has 0 spiro atoms. The van der Waals surface area contributed by atoms with Crippen LogP contribution in [0, 0.1) is 0 Å². The molecule has 0 atom stereocenters. The van der Waals surface area contributed by atoms with E-state index >= 15 is 0 Å². The van der Waals surface area contributed by atoms with Crippen molar-refractivity contribution < 1.29 is 4.42 Å². The average Bonchev–Trinajstić information content (AvgIpc) is 2.49. The van der Waals surface area contributed by atoms with E-state index in [4.69, 9.17) is 27.6 Å². The molecule has 1 aromatic heterocycles. The molecule has 0 fully saturated rings. The predicted molar refractivity (Wildman–Crippen MR) is 59.0 cm³/mol. The molecule has 0 bridgehead atoms. The molecule has 0 saturated heterocycles. The van der Waals surface area contributed by atoms with Crippen LogP contribution in [0.25, 0.3) is 11.0 Å². The summed E-state index contributed by atoms with van der Waals surface area (Å²) >= 11 is 11.9. The van der Waals surface area contributed by atoms with Crippen LogP contribution >= 0.6 is 23.2 Å². The number of rotatable bonds is 2. The van der Waals surface area contributed by atoms with Gasteiger partial charge in [-0.25, -0.2) is 0 Å². The fraction of sp³-hybridized carbons (Fsp3) is 0.200. The summed E-state index contributed by atoms with van der Waals surface area (Å²) in [4.78, 5) is 0. The summed E-state index contributed by atoms with van der Waals surface area (Å²) in [5, 5.41) is 5.20. The third-order valence-corrected chi connectivity index (χ3v) is 2.54. The van der Waals surface area contributed by atoms with Crippen LogP contribution < -0.4 is 5.32 Å². The minimum atomic E-state index is 0.551. The van der Waals surface area contributed by atoms with Crippen molar-refractivity contribution in [2.24, 2.45) is 0 Å². The topological polar surface area (TPSA) is 25.2 Å². The normalized spacial score (nSPS) is 11.1. The SMILES string of the molecule is CNCc1coc2c(Cl)cc(Cl)cc12. The molecule has 74 valence electrons. The van der Waals surface area contributed by atoms with Gasteiger partial charge in [-0.15, -0.1) is 0 Å². The van der Waals surface area contributed by atoms with E-state index in [1.165, 1.54) is 0 Å². The van der Waals surface area contributed by atoms with Gasteiger partial charge in [0.05, 0.1) is 11.3 Å². The molecule has 2 aromatic rings. The predicted octanol–water partition coefficient (Wildman–Crippen LogP) is 3.46. The third kappa shape index (κ3) is 1.61. The Hall–Kier alpha value is -0.700. The lowest BCUT2D eigenvalue weighted by Crippen LogP contribution is -2.03. The fourth-order valence-corrected chi connectivity index (χ4v) is 1.98. The van der Waals surface area contributed by atoms with E-state index < -0.39 is 0 Å². The second-order valence-corrected chi connectivity index (χ2v) is 3.90.